The van der Waals surface area contributed by atoms with E-state index in [2.05, 4.69) is 16.0 Å². The molecule has 0 spiro atoms. The number of rotatable bonds is 4. The minimum Gasteiger partial charge on any atom is -0.384 e. The molecule has 2 amide bonds. The molecule has 0 fully saturated rings. The molecule has 0 saturated heterocycles. The molecular formula is C22H19N3O2. The third-order valence-electron chi connectivity index (χ3n) is 4.50. The Labute approximate surface area is 157 Å². The van der Waals surface area contributed by atoms with Crippen LogP contribution < -0.4 is 16.0 Å². The zero-order chi connectivity index (χ0) is 18.6. The molecule has 1 heterocycles. The zero-order valence-electron chi connectivity index (χ0n) is 14.7. The molecule has 0 aromatic heterocycles. The molecule has 4 rings (SSSR count). The maximum absolute atomic E-state index is 12.5. The smallest absolute Gasteiger partial charge is 0.255 e. The van der Waals surface area contributed by atoms with Crippen LogP contribution in [-0.4, -0.2) is 18.4 Å². The molecule has 1 aliphatic heterocycles. The Balaban J connectivity index is 1.46. The Morgan fingerprint density at radius 3 is 2.19 bits per heavy atom. The molecule has 0 unspecified atom stereocenters. The fraction of sp³-hybridized carbons (Fsp3) is 0.0909. The van der Waals surface area contributed by atoms with Gasteiger partial charge in [-0.25, -0.2) is 0 Å². The van der Waals surface area contributed by atoms with E-state index in [1.165, 1.54) is 5.56 Å². The van der Waals surface area contributed by atoms with Crippen LogP contribution in [0.3, 0.4) is 0 Å². The minimum absolute atomic E-state index is 0.182. The highest BCUT2D eigenvalue weighted by molar-refractivity contribution is 6.06. The summed E-state index contributed by atoms with van der Waals surface area (Å²) in [5.41, 5.74) is 4.68. The topological polar surface area (TPSA) is 70.2 Å². The van der Waals surface area contributed by atoms with E-state index in [1.807, 2.05) is 36.4 Å². The summed E-state index contributed by atoms with van der Waals surface area (Å²) in [6.45, 7) is 0.906. The molecule has 0 aliphatic carbocycles. The normalized spacial score (nSPS) is 12.0. The second kappa shape index (κ2) is 7.33. The van der Waals surface area contributed by atoms with Crippen LogP contribution in [0, 0.1) is 0 Å². The number of nitrogens with one attached hydrogen (secondary N) is 3. The number of carbonyl (C=O) groups is 2. The van der Waals surface area contributed by atoms with Crippen molar-refractivity contribution in [1.29, 1.82) is 0 Å². The standard InChI is InChI=1S/C22H19N3O2/c26-21(16-5-2-1-3-6-16)24-18-7-4-8-19(14-18)25-22(27)17-10-9-15-11-12-23-20(15)13-17/h1-10,13-14,23H,11-12H2,(H,24,26)(H,25,27). The molecule has 0 bridgehead atoms. The summed E-state index contributed by atoms with van der Waals surface area (Å²) >= 11 is 0. The van der Waals surface area contributed by atoms with Crippen LogP contribution >= 0.6 is 0 Å². The molecule has 0 saturated carbocycles. The summed E-state index contributed by atoms with van der Waals surface area (Å²) < 4.78 is 0. The van der Waals surface area contributed by atoms with Gasteiger partial charge in [-0.3, -0.25) is 9.59 Å². The van der Waals surface area contributed by atoms with Crippen LogP contribution in [0.4, 0.5) is 17.1 Å². The summed E-state index contributed by atoms with van der Waals surface area (Å²) in [6.07, 6.45) is 0.986. The highest BCUT2D eigenvalue weighted by atomic mass is 16.2. The summed E-state index contributed by atoms with van der Waals surface area (Å²) in [4.78, 5) is 24.8. The third kappa shape index (κ3) is 3.82. The number of hydrogen-bond donors (Lipinski definition) is 3. The van der Waals surface area contributed by atoms with Gasteiger partial charge in [0.1, 0.15) is 0 Å². The first-order chi connectivity index (χ1) is 13.2. The Morgan fingerprint density at radius 2 is 1.44 bits per heavy atom. The molecule has 5 nitrogen and oxygen atoms in total. The molecule has 1 aliphatic rings. The first-order valence-corrected chi connectivity index (χ1v) is 8.84. The lowest BCUT2D eigenvalue weighted by Gasteiger charge is -2.10. The average Bonchev–Trinajstić information content (AvgIpc) is 3.16. The lowest BCUT2D eigenvalue weighted by atomic mass is 10.1. The lowest BCUT2D eigenvalue weighted by molar-refractivity contribution is 0.101. The molecular weight excluding hydrogens is 338 g/mol. The third-order valence-corrected chi connectivity index (χ3v) is 4.50. The maximum Gasteiger partial charge on any atom is 0.255 e. The van der Waals surface area contributed by atoms with Gasteiger partial charge >= 0.3 is 0 Å². The van der Waals surface area contributed by atoms with Gasteiger partial charge in [0, 0.05) is 34.7 Å². The van der Waals surface area contributed by atoms with Crippen LogP contribution in [0.2, 0.25) is 0 Å². The lowest BCUT2D eigenvalue weighted by Crippen LogP contribution is -2.14. The summed E-state index contributed by atoms with van der Waals surface area (Å²) in [6, 6.07) is 21.8. The summed E-state index contributed by atoms with van der Waals surface area (Å²) in [5.74, 6) is -0.373. The van der Waals surface area contributed by atoms with Crippen molar-refractivity contribution in [3.8, 4) is 0 Å². The number of carbonyl (C=O) groups excluding carboxylic acids is 2. The predicted octanol–water partition coefficient (Wildman–Crippen LogP) is 4.16. The quantitative estimate of drug-likeness (QED) is 0.657. The fourth-order valence-corrected chi connectivity index (χ4v) is 3.10. The molecule has 0 atom stereocenters. The van der Waals surface area contributed by atoms with Gasteiger partial charge in [-0.1, -0.05) is 30.3 Å². The van der Waals surface area contributed by atoms with Crippen LogP contribution in [0.1, 0.15) is 26.3 Å². The Kier molecular flexibility index (Phi) is 4.58. The Bertz CT molecular complexity index is 999. The van der Waals surface area contributed by atoms with E-state index in [0.717, 1.165) is 18.7 Å². The molecule has 134 valence electrons. The van der Waals surface area contributed by atoms with Gasteiger partial charge in [0.15, 0.2) is 0 Å². The minimum atomic E-state index is -0.191. The van der Waals surface area contributed by atoms with Gasteiger partial charge in [0.05, 0.1) is 0 Å². The molecule has 3 aromatic rings. The van der Waals surface area contributed by atoms with E-state index >= 15 is 0 Å². The fourth-order valence-electron chi connectivity index (χ4n) is 3.10. The van der Waals surface area contributed by atoms with Crippen molar-refractivity contribution >= 4 is 28.9 Å². The first kappa shape index (κ1) is 16.8. The summed E-state index contributed by atoms with van der Waals surface area (Å²) in [5, 5.41) is 9.01. The predicted molar refractivity (Wildman–Crippen MR) is 107 cm³/mol. The molecule has 5 heteroatoms. The van der Waals surface area contributed by atoms with Gasteiger partial charge in [-0.2, -0.15) is 0 Å². The second-order valence-electron chi connectivity index (χ2n) is 6.40. The van der Waals surface area contributed by atoms with Crippen LogP contribution in [-0.2, 0) is 6.42 Å². The molecule has 0 radical (unpaired) electrons. The molecule has 27 heavy (non-hydrogen) atoms. The van der Waals surface area contributed by atoms with Crippen molar-refractivity contribution in [1.82, 2.24) is 0 Å². The maximum atomic E-state index is 12.5. The van der Waals surface area contributed by atoms with Crippen molar-refractivity contribution in [2.45, 2.75) is 6.42 Å². The number of amides is 2. The van der Waals surface area contributed by atoms with Gasteiger partial charge in [-0.05, 0) is 54.4 Å². The highest BCUT2D eigenvalue weighted by Gasteiger charge is 2.14. The van der Waals surface area contributed by atoms with Gasteiger partial charge in [-0.15, -0.1) is 0 Å². The Hall–Kier alpha value is -3.60. The van der Waals surface area contributed by atoms with E-state index in [0.29, 0.717) is 22.5 Å². The van der Waals surface area contributed by atoms with Crippen LogP contribution in [0.5, 0.6) is 0 Å². The van der Waals surface area contributed by atoms with Crippen molar-refractivity contribution in [3.05, 3.63) is 89.5 Å². The van der Waals surface area contributed by atoms with E-state index < -0.39 is 0 Å². The monoisotopic (exact) mass is 357 g/mol. The second-order valence-corrected chi connectivity index (χ2v) is 6.40. The van der Waals surface area contributed by atoms with Gasteiger partial charge < -0.3 is 16.0 Å². The van der Waals surface area contributed by atoms with Gasteiger partial charge in [0.25, 0.3) is 11.8 Å². The largest absolute Gasteiger partial charge is 0.384 e. The first-order valence-electron chi connectivity index (χ1n) is 8.84. The van der Waals surface area contributed by atoms with E-state index in [4.69, 9.17) is 0 Å². The van der Waals surface area contributed by atoms with Crippen LogP contribution in [0.25, 0.3) is 0 Å². The van der Waals surface area contributed by atoms with Crippen molar-refractivity contribution in [2.75, 3.05) is 22.5 Å². The van der Waals surface area contributed by atoms with Crippen LogP contribution in [0.15, 0.2) is 72.8 Å². The SMILES string of the molecule is O=C(Nc1cccc(NC(=O)c2ccc3c(c2)NCC3)c1)c1ccccc1. The summed E-state index contributed by atoms with van der Waals surface area (Å²) in [7, 11) is 0. The van der Waals surface area contributed by atoms with Crippen molar-refractivity contribution in [2.24, 2.45) is 0 Å². The highest BCUT2D eigenvalue weighted by Crippen LogP contribution is 2.24. The van der Waals surface area contributed by atoms with E-state index in [9.17, 15) is 9.59 Å². The van der Waals surface area contributed by atoms with Crippen molar-refractivity contribution in [3.63, 3.8) is 0 Å². The molecule has 3 aromatic carbocycles. The average molecular weight is 357 g/mol. The number of hydrogen-bond acceptors (Lipinski definition) is 3. The van der Waals surface area contributed by atoms with E-state index in [-0.39, 0.29) is 11.8 Å². The number of anilines is 3. The number of fused-ring (bicyclic) bond motifs is 1. The Morgan fingerprint density at radius 1 is 0.741 bits per heavy atom. The molecule has 3 N–H and O–H groups in total. The zero-order valence-corrected chi connectivity index (χ0v) is 14.7. The van der Waals surface area contributed by atoms with Crippen molar-refractivity contribution < 1.29 is 9.59 Å². The van der Waals surface area contributed by atoms with Gasteiger partial charge in [0.2, 0.25) is 0 Å². The number of benzene rings is 3. The van der Waals surface area contributed by atoms with E-state index in [1.54, 1.807) is 36.4 Å².